The molecule has 1 aromatic carbocycles. The molecule has 3 aromatic rings. The first-order chi connectivity index (χ1) is 10.1. The summed E-state index contributed by atoms with van der Waals surface area (Å²) < 4.78 is 1.97. The maximum absolute atomic E-state index is 10.8. The van der Waals surface area contributed by atoms with Crippen molar-refractivity contribution in [3.63, 3.8) is 0 Å². The lowest BCUT2D eigenvalue weighted by atomic mass is 10.0. The fourth-order valence-corrected chi connectivity index (χ4v) is 3.20. The molecule has 0 atom stereocenters. The number of benzene rings is 1. The second-order valence-corrected chi connectivity index (χ2v) is 5.90. The first-order valence-electron chi connectivity index (χ1n) is 6.67. The van der Waals surface area contributed by atoms with E-state index in [9.17, 15) is 4.79 Å². The summed E-state index contributed by atoms with van der Waals surface area (Å²) in [4.78, 5) is 11.6. The third kappa shape index (κ3) is 2.54. The van der Waals surface area contributed by atoms with E-state index < -0.39 is 5.97 Å². The number of aliphatic carboxylic acids is 1. The van der Waals surface area contributed by atoms with Crippen LogP contribution in [0.25, 0.3) is 16.2 Å². The van der Waals surface area contributed by atoms with Gasteiger partial charge in [0.2, 0.25) is 4.96 Å². The standard InChI is InChI=1S/C15H15N3O2S/c1-9-3-4-10(2)11(7-9)12-8-21-15-17-16-13(18(12)15)5-6-14(19)20/h3-4,7-8H,5-6H2,1-2H3,(H,19,20). The number of nitrogens with zero attached hydrogens (tertiary/aromatic N) is 3. The van der Waals surface area contributed by atoms with Gasteiger partial charge in [-0.25, -0.2) is 0 Å². The molecule has 108 valence electrons. The van der Waals surface area contributed by atoms with Gasteiger partial charge >= 0.3 is 5.97 Å². The minimum atomic E-state index is -0.824. The Morgan fingerprint density at radius 2 is 2.14 bits per heavy atom. The first-order valence-corrected chi connectivity index (χ1v) is 7.55. The third-order valence-electron chi connectivity index (χ3n) is 3.45. The van der Waals surface area contributed by atoms with Crippen molar-refractivity contribution in [1.29, 1.82) is 0 Å². The van der Waals surface area contributed by atoms with Crippen LogP contribution in [-0.4, -0.2) is 25.7 Å². The lowest BCUT2D eigenvalue weighted by Crippen LogP contribution is -2.02. The molecule has 6 heteroatoms. The average Bonchev–Trinajstić information content (AvgIpc) is 3.01. The van der Waals surface area contributed by atoms with Gasteiger partial charge in [-0.2, -0.15) is 0 Å². The van der Waals surface area contributed by atoms with Crippen molar-refractivity contribution in [3.8, 4) is 11.3 Å². The van der Waals surface area contributed by atoms with Gasteiger partial charge in [-0.05, 0) is 25.5 Å². The maximum atomic E-state index is 10.8. The Morgan fingerprint density at radius 3 is 2.90 bits per heavy atom. The zero-order valence-electron chi connectivity index (χ0n) is 11.8. The molecule has 0 aliphatic rings. The first kappa shape index (κ1) is 13.8. The molecule has 3 rings (SSSR count). The predicted octanol–water partition coefficient (Wildman–Crippen LogP) is 3.09. The van der Waals surface area contributed by atoms with Crippen LogP contribution < -0.4 is 0 Å². The Hall–Kier alpha value is -2.21. The number of hydrogen-bond donors (Lipinski definition) is 1. The SMILES string of the molecule is Cc1ccc(C)c(-c2csc3nnc(CCC(=O)O)n23)c1. The highest BCUT2D eigenvalue weighted by molar-refractivity contribution is 7.15. The number of carboxylic acids is 1. The summed E-state index contributed by atoms with van der Waals surface area (Å²) in [6, 6.07) is 6.31. The van der Waals surface area contributed by atoms with E-state index in [0.29, 0.717) is 12.2 Å². The smallest absolute Gasteiger partial charge is 0.303 e. The Balaban J connectivity index is 2.12. The molecule has 2 aromatic heterocycles. The lowest BCUT2D eigenvalue weighted by molar-refractivity contribution is -0.137. The number of aromatic nitrogens is 3. The number of thiazole rings is 1. The van der Waals surface area contributed by atoms with Gasteiger partial charge in [0, 0.05) is 17.4 Å². The summed E-state index contributed by atoms with van der Waals surface area (Å²) in [5.41, 5.74) is 4.53. The van der Waals surface area contributed by atoms with E-state index in [1.807, 2.05) is 4.40 Å². The van der Waals surface area contributed by atoms with Gasteiger partial charge in [-0.3, -0.25) is 9.20 Å². The Labute approximate surface area is 125 Å². The topological polar surface area (TPSA) is 67.5 Å². The molecule has 0 amide bonds. The summed E-state index contributed by atoms with van der Waals surface area (Å²) in [6.45, 7) is 4.13. The minimum absolute atomic E-state index is 0.0584. The lowest BCUT2D eigenvalue weighted by Gasteiger charge is -2.07. The van der Waals surface area contributed by atoms with E-state index in [1.165, 1.54) is 22.5 Å². The van der Waals surface area contributed by atoms with Gasteiger partial charge < -0.3 is 5.11 Å². The highest BCUT2D eigenvalue weighted by atomic mass is 32.1. The van der Waals surface area contributed by atoms with Crippen LogP contribution in [0, 0.1) is 13.8 Å². The van der Waals surface area contributed by atoms with Crippen LogP contribution in [0.2, 0.25) is 0 Å². The fraction of sp³-hybridized carbons (Fsp3) is 0.267. The molecule has 1 N–H and O–H groups in total. The molecule has 0 spiro atoms. The number of carbonyl (C=O) groups is 1. The van der Waals surface area contributed by atoms with E-state index in [0.717, 1.165) is 16.2 Å². The van der Waals surface area contributed by atoms with Gasteiger partial charge in [0.05, 0.1) is 12.1 Å². The van der Waals surface area contributed by atoms with Crippen LogP contribution in [0.4, 0.5) is 0 Å². The Kier molecular flexibility index (Phi) is 3.47. The maximum Gasteiger partial charge on any atom is 0.303 e. The van der Waals surface area contributed by atoms with Crippen molar-refractivity contribution in [1.82, 2.24) is 14.6 Å². The highest BCUT2D eigenvalue weighted by Gasteiger charge is 2.15. The van der Waals surface area contributed by atoms with Crippen molar-refractivity contribution >= 4 is 22.3 Å². The quantitative estimate of drug-likeness (QED) is 0.804. The summed E-state index contributed by atoms with van der Waals surface area (Å²) in [5, 5.41) is 19.2. The molecule has 2 heterocycles. The number of hydrogen-bond acceptors (Lipinski definition) is 4. The summed E-state index contributed by atoms with van der Waals surface area (Å²) in [5.74, 6) is -0.125. The van der Waals surface area contributed by atoms with E-state index in [2.05, 4.69) is 47.6 Å². The molecule has 21 heavy (non-hydrogen) atoms. The number of aryl methyl sites for hydroxylation is 3. The van der Waals surface area contributed by atoms with Crippen LogP contribution >= 0.6 is 11.3 Å². The van der Waals surface area contributed by atoms with Crippen LogP contribution in [-0.2, 0) is 11.2 Å². The average molecular weight is 301 g/mol. The number of fused-ring (bicyclic) bond motifs is 1. The second kappa shape index (κ2) is 5.29. The molecule has 0 saturated heterocycles. The van der Waals surface area contributed by atoms with Crippen LogP contribution in [0.5, 0.6) is 0 Å². The van der Waals surface area contributed by atoms with Crippen LogP contribution in [0.1, 0.15) is 23.4 Å². The molecular formula is C15H15N3O2S. The molecule has 5 nitrogen and oxygen atoms in total. The van der Waals surface area contributed by atoms with E-state index in [1.54, 1.807) is 0 Å². The van der Waals surface area contributed by atoms with Crippen molar-refractivity contribution in [2.75, 3.05) is 0 Å². The van der Waals surface area contributed by atoms with E-state index in [4.69, 9.17) is 5.11 Å². The fourth-order valence-electron chi connectivity index (χ4n) is 2.36. The van der Waals surface area contributed by atoms with Gasteiger partial charge in [0.1, 0.15) is 5.82 Å². The van der Waals surface area contributed by atoms with Crippen molar-refractivity contribution < 1.29 is 9.90 Å². The predicted molar refractivity (Wildman–Crippen MR) is 81.7 cm³/mol. The second-order valence-electron chi connectivity index (χ2n) is 5.07. The van der Waals surface area contributed by atoms with E-state index in [-0.39, 0.29) is 6.42 Å². The number of carboxylic acid groups (broad SMARTS) is 1. The normalized spacial score (nSPS) is 11.1. The van der Waals surface area contributed by atoms with Crippen molar-refractivity contribution in [2.24, 2.45) is 0 Å². The molecule has 0 radical (unpaired) electrons. The molecule has 0 saturated carbocycles. The van der Waals surface area contributed by atoms with Crippen LogP contribution in [0.3, 0.4) is 0 Å². The molecular weight excluding hydrogens is 286 g/mol. The van der Waals surface area contributed by atoms with Gasteiger partial charge in [0.25, 0.3) is 0 Å². The summed E-state index contributed by atoms with van der Waals surface area (Å²) in [6.07, 6.45) is 0.438. The zero-order valence-corrected chi connectivity index (χ0v) is 12.6. The summed E-state index contributed by atoms with van der Waals surface area (Å²) in [7, 11) is 0. The molecule has 0 bridgehead atoms. The number of rotatable bonds is 4. The van der Waals surface area contributed by atoms with Gasteiger partial charge in [-0.15, -0.1) is 21.5 Å². The summed E-state index contributed by atoms with van der Waals surface area (Å²) >= 11 is 1.52. The third-order valence-corrected chi connectivity index (χ3v) is 4.26. The monoisotopic (exact) mass is 301 g/mol. The molecule has 0 aliphatic carbocycles. The minimum Gasteiger partial charge on any atom is -0.481 e. The molecule has 0 fully saturated rings. The van der Waals surface area contributed by atoms with Gasteiger partial charge in [0.15, 0.2) is 0 Å². The zero-order chi connectivity index (χ0) is 15.0. The Bertz CT molecular complexity index is 820. The Morgan fingerprint density at radius 1 is 1.33 bits per heavy atom. The highest BCUT2D eigenvalue weighted by Crippen LogP contribution is 2.29. The molecule has 0 unspecified atom stereocenters. The molecule has 0 aliphatic heterocycles. The van der Waals surface area contributed by atoms with Crippen molar-refractivity contribution in [2.45, 2.75) is 26.7 Å². The van der Waals surface area contributed by atoms with E-state index >= 15 is 0 Å². The van der Waals surface area contributed by atoms with Gasteiger partial charge in [-0.1, -0.05) is 17.7 Å². The van der Waals surface area contributed by atoms with Crippen LogP contribution in [0.15, 0.2) is 23.6 Å². The van der Waals surface area contributed by atoms with Crippen molar-refractivity contribution in [3.05, 3.63) is 40.5 Å². The largest absolute Gasteiger partial charge is 0.481 e.